The minimum Gasteiger partial charge on any atom is -0.320 e. The van der Waals surface area contributed by atoms with Gasteiger partial charge in [0.2, 0.25) is 5.43 Å². The number of aromatic nitrogens is 3. The van der Waals surface area contributed by atoms with Crippen molar-refractivity contribution in [1.29, 1.82) is 0 Å². The lowest BCUT2D eigenvalue weighted by molar-refractivity contribution is -0.141. The molecule has 1 N–H and O–H groups in total. The Balaban J connectivity index is 1.99. The summed E-state index contributed by atoms with van der Waals surface area (Å²) >= 11 is 5.72. The molecule has 2 heterocycles. The molecular weight excluding hydrogens is 416 g/mol. The Bertz CT molecular complexity index is 1160. The third-order valence-electron chi connectivity index (χ3n) is 3.77. The number of carbonyl (C=O) groups is 1. The molecular formula is C18H11ClF4N4O2. The summed E-state index contributed by atoms with van der Waals surface area (Å²) in [4.78, 5) is 27.8. The van der Waals surface area contributed by atoms with Crippen LogP contribution < -0.4 is 10.7 Å². The van der Waals surface area contributed by atoms with Gasteiger partial charge in [-0.15, -0.1) is 0 Å². The van der Waals surface area contributed by atoms with Crippen LogP contribution in [0, 0.1) is 12.7 Å². The van der Waals surface area contributed by atoms with Crippen LogP contribution in [0.5, 0.6) is 0 Å². The van der Waals surface area contributed by atoms with Crippen molar-refractivity contribution >= 4 is 23.2 Å². The fourth-order valence-electron chi connectivity index (χ4n) is 2.46. The van der Waals surface area contributed by atoms with E-state index >= 15 is 0 Å². The Morgan fingerprint density at radius 2 is 1.90 bits per heavy atom. The highest BCUT2D eigenvalue weighted by Crippen LogP contribution is 2.28. The van der Waals surface area contributed by atoms with Crippen LogP contribution in [0.4, 0.5) is 23.2 Å². The molecule has 1 aromatic carbocycles. The summed E-state index contributed by atoms with van der Waals surface area (Å²) in [6.07, 6.45) is -3.84. The van der Waals surface area contributed by atoms with Crippen LogP contribution in [0.15, 0.2) is 47.4 Å². The maximum absolute atomic E-state index is 14.2. The number of halogens is 5. The maximum atomic E-state index is 14.2. The van der Waals surface area contributed by atoms with Gasteiger partial charge in [-0.05, 0) is 37.3 Å². The standard InChI is InChI=1S/C18H11ClF4N4O2/c1-9-6-14(28)16(26-27(9)13-3-2-10(19)7-12(13)20)17(29)25-11-4-5-24-15(8-11)18(21,22)23/h2-8H,1H3,(H,24,25,29). The van der Waals surface area contributed by atoms with E-state index in [1.54, 1.807) is 0 Å². The molecule has 150 valence electrons. The quantitative estimate of drug-likeness (QED) is 0.642. The van der Waals surface area contributed by atoms with Crippen molar-refractivity contribution in [3.8, 4) is 5.69 Å². The van der Waals surface area contributed by atoms with Gasteiger partial charge < -0.3 is 5.32 Å². The molecule has 0 spiro atoms. The summed E-state index contributed by atoms with van der Waals surface area (Å²) in [7, 11) is 0. The first kappa shape index (κ1) is 20.5. The van der Waals surface area contributed by atoms with Crippen LogP contribution >= 0.6 is 11.6 Å². The van der Waals surface area contributed by atoms with Crippen LogP contribution in [0.2, 0.25) is 5.02 Å². The van der Waals surface area contributed by atoms with Crippen molar-refractivity contribution < 1.29 is 22.4 Å². The second kappa shape index (κ2) is 7.63. The molecule has 0 aliphatic carbocycles. The predicted octanol–water partition coefficient (Wildman–Crippen LogP) is 4.00. The Hall–Kier alpha value is -3.27. The van der Waals surface area contributed by atoms with Crippen molar-refractivity contribution in [2.75, 3.05) is 5.32 Å². The van der Waals surface area contributed by atoms with E-state index in [2.05, 4.69) is 15.4 Å². The van der Waals surface area contributed by atoms with Gasteiger partial charge in [0, 0.05) is 28.7 Å². The smallest absolute Gasteiger partial charge is 0.320 e. The Morgan fingerprint density at radius 3 is 2.55 bits per heavy atom. The number of aryl methyl sites for hydroxylation is 1. The highest BCUT2D eigenvalue weighted by Gasteiger charge is 2.32. The van der Waals surface area contributed by atoms with E-state index in [1.165, 1.54) is 19.1 Å². The minimum atomic E-state index is -4.71. The fraction of sp³-hybridized carbons (Fsp3) is 0.111. The van der Waals surface area contributed by atoms with Crippen molar-refractivity contribution in [3.63, 3.8) is 0 Å². The molecule has 11 heteroatoms. The number of hydrogen-bond acceptors (Lipinski definition) is 4. The number of nitrogens with zero attached hydrogens (tertiary/aromatic N) is 3. The molecule has 29 heavy (non-hydrogen) atoms. The molecule has 2 aromatic heterocycles. The van der Waals surface area contributed by atoms with Crippen molar-refractivity contribution in [2.24, 2.45) is 0 Å². The Morgan fingerprint density at radius 1 is 1.17 bits per heavy atom. The van der Waals surface area contributed by atoms with E-state index in [0.717, 1.165) is 29.1 Å². The van der Waals surface area contributed by atoms with E-state index in [9.17, 15) is 27.2 Å². The Kier molecular flexibility index (Phi) is 5.38. The first-order valence-corrected chi connectivity index (χ1v) is 8.35. The Labute approximate surface area is 165 Å². The summed E-state index contributed by atoms with van der Waals surface area (Å²) in [6, 6.07) is 6.54. The number of anilines is 1. The average molecular weight is 427 g/mol. The normalized spacial score (nSPS) is 11.4. The van der Waals surface area contributed by atoms with Crippen LogP contribution in [0.3, 0.4) is 0 Å². The van der Waals surface area contributed by atoms with Crippen LogP contribution in [-0.4, -0.2) is 20.7 Å². The SMILES string of the molecule is Cc1cc(=O)c(C(=O)Nc2ccnc(C(F)(F)F)c2)nn1-c1ccc(Cl)cc1F. The van der Waals surface area contributed by atoms with Crippen LogP contribution in [0.25, 0.3) is 5.69 Å². The summed E-state index contributed by atoms with van der Waals surface area (Å²) < 4.78 is 53.5. The van der Waals surface area contributed by atoms with Crippen molar-refractivity contribution in [3.05, 3.63) is 80.7 Å². The summed E-state index contributed by atoms with van der Waals surface area (Å²) in [5.41, 5.74) is -2.69. The molecule has 3 rings (SSSR count). The highest BCUT2D eigenvalue weighted by atomic mass is 35.5. The van der Waals surface area contributed by atoms with Gasteiger partial charge in [0.25, 0.3) is 5.91 Å². The zero-order chi connectivity index (χ0) is 21.3. The fourth-order valence-corrected chi connectivity index (χ4v) is 2.61. The molecule has 3 aromatic rings. The number of rotatable bonds is 3. The molecule has 0 bridgehead atoms. The lowest BCUT2D eigenvalue weighted by Gasteiger charge is -2.13. The number of amides is 1. The lowest BCUT2D eigenvalue weighted by Crippen LogP contribution is -2.27. The summed E-state index contributed by atoms with van der Waals surface area (Å²) in [5.74, 6) is -1.80. The number of nitrogens with one attached hydrogen (secondary N) is 1. The summed E-state index contributed by atoms with van der Waals surface area (Å²) in [6.45, 7) is 1.47. The van der Waals surface area contributed by atoms with E-state index in [1.807, 2.05) is 0 Å². The monoisotopic (exact) mass is 426 g/mol. The zero-order valence-electron chi connectivity index (χ0n) is 14.6. The van der Waals surface area contributed by atoms with Crippen LogP contribution in [0.1, 0.15) is 21.9 Å². The molecule has 0 atom stereocenters. The minimum absolute atomic E-state index is 0.0655. The molecule has 0 saturated heterocycles. The topological polar surface area (TPSA) is 76.9 Å². The van der Waals surface area contributed by atoms with E-state index in [-0.39, 0.29) is 22.1 Å². The number of alkyl halides is 3. The molecule has 0 fully saturated rings. The number of benzene rings is 1. The van der Waals surface area contributed by atoms with Gasteiger partial charge in [0.05, 0.1) is 0 Å². The van der Waals surface area contributed by atoms with Crippen molar-refractivity contribution in [2.45, 2.75) is 13.1 Å². The molecule has 0 radical (unpaired) electrons. The average Bonchev–Trinajstić information content (AvgIpc) is 2.62. The predicted molar refractivity (Wildman–Crippen MR) is 96.7 cm³/mol. The molecule has 6 nitrogen and oxygen atoms in total. The summed E-state index contributed by atoms with van der Waals surface area (Å²) in [5, 5.41) is 6.17. The van der Waals surface area contributed by atoms with Gasteiger partial charge in [0.15, 0.2) is 5.69 Å². The van der Waals surface area contributed by atoms with E-state index < -0.39 is 34.7 Å². The number of pyridine rings is 1. The largest absolute Gasteiger partial charge is 0.433 e. The van der Waals surface area contributed by atoms with Gasteiger partial charge in [-0.3, -0.25) is 14.6 Å². The third-order valence-corrected chi connectivity index (χ3v) is 4.00. The first-order valence-electron chi connectivity index (χ1n) is 7.97. The van der Waals surface area contributed by atoms with Gasteiger partial charge in [-0.1, -0.05) is 11.6 Å². The number of hydrogen-bond donors (Lipinski definition) is 1. The molecule has 0 aliphatic rings. The first-order chi connectivity index (χ1) is 13.6. The molecule has 0 saturated carbocycles. The number of carbonyl (C=O) groups excluding carboxylic acids is 1. The molecule has 1 amide bonds. The van der Waals surface area contributed by atoms with Gasteiger partial charge in [-0.25, -0.2) is 9.07 Å². The van der Waals surface area contributed by atoms with Crippen LogP contribution in [-0.2, 0) is 6.18 Å². The van der Waals surface area contributed by atoms with Gasteiger partial charge in [0.1, 0.15) is 17.2 Å². The second-order valence-corrected chi connectivity index (χ2v) is 6.32. The van der Waals surface area contributed by atoms with E-state index in [0.29, 0.717) is 6.07 Å². The van der Waals surface area contributed by atoms with Gasteiger partial charge in [-0.2, -0.15) is 18.3 Å². The second-order valence-electron chi connectivity index (χ2n) is 5.89. The van der Waals surface area contributed by atoms with E-state index in [4.69, 9.17) is 11.6 Å². The highest BCUT2D eigenvalue weighted by molar-refractivity contribution is 6.30. The van der Waals surface area contributed by atoms with Crippen molar-refractivity contribution in [1.82, 2.24) is 14.8 Å². The van der Waals surface area contributed by atoms with Gasteiger partial charge >= 0.3 is 6.18 Å². The zero-order valence-corrected chi connectivity index (χ0v) is 15.3. The maximum Gasteiger partial charge on any atom is 0.433 e. The third kappa shape index (κ3) is 4.43. The lowest BCUT2D eigenvalue weighted by atomic mass is 10.2. The molecule has 0 unspecified atom stereocenters. The molecule has 0 aliphatic heterocycles.